The minimum Gasteiger partial charge on any atom is -0.384 e. The van der Waals surface area contributed by atoms with E-state index in [4.69, 9.17) is 4.74 Å². The standard InChI is InChI=1S/C10H22N2O3S/c1-4-11-5-6-12(10(2)9-11)16(13,14)8-7-15-3/h10H,4-9H2,1-3H3/t10-/m1/s1. The van der Waals surface area contributed by atoms with Crippen molar-refractivity contribution < 1.29 is 13.2 Å². The molecule has 0 radical (unpaired) electrons. The Hall–Kier alpha value is -0.170. The molecule has 0 aliphatic carbocycles. The van der Waals surface area contributed by atoms with E-state index >= 15 is 0 Å². The second kappa shape index (κ2) is 5.95. The van der Waals surface area contributed by atoms with Crippen LogP contribution < -0.4 is 0 Å². The van der Waals surface area contributed by atoms with Gasteiger partial charge in [-0.25, -0.2) is 8.42 Å². The summed E-state index contributed by atoms with van der Waals surface area (Å²) in [4.78, 5) is 2.27. The Balaban J connectivity index is 2.60. The molecule has 5 nitrogen and oxygen atoms in total. The summed E-state index contributed by atoms with van der Waals surface area (Å²) in [5.74, 6) is 0.0833. The van der Waals surface area contributed by atoms with Crippen LogP contribution in [0.5, 0.6) is 0 Å². The summed E-state index contributed by atoms with van der Waals surface area (Å²) < 4.78 is 30.4. The van der Waals surface area contributed by atoms with Crippen LogP contribution in [0.25, 0.3) is 0 Å². The van der Waals surface area contributed by atoms with Crippen molar-refractivity contribution in [1.29, 1.82) is 0 Å². The Morgan fingerprint density at radius 1 is 1.38 bits per heavy atom. The highest BCUT2D eigenvalue weighted by molar-refractivity contribution is 7.89. The fourth-order valence-electron chi connectivity index (χ4n) is 2.02. The second-order valence-electron chi connectivity index (χ2n) is 4.16. The zero-order valence-corrected chi connectivity index (χ0v) is 11.2. The van der Waals surface area contributed by atoms with Crippen LogP contribution in [0.2, 0.25) is 0 Å². The molecule has 0 bridgehead atoms. The van der Waals surface area contributed by atoms with Gasteiger partial charge in [-0.05, 0) is 13.5 Å². The molecule has 6 heteroatoms. The van der Waals surface area contributed by atoms with Gasteiger partial charge in [0.1, 0.15) is 0 Å². The van der Waals surface area contributed by atoms with E-state index in [-0.39, 0.29) is 18.4 Å². The Bertz CT molecular complexity index is 305. The van der Waals surface area contributed by atoms with Crippen molar-refractivity contribution in [3.8, 4) is 0 Å². The van der Waals surface area contributed by atoms with Crippen molar-refractivity contribution in [2.24, 2.45) is 0 Å². The monoisotopic (exact) mass is 250 g/mol. The largest absolute Gasteiger partial charge is 0.384 e. The summed E-state index contributed by atoms with van der Waals surface area (Å²) in [6.07, 6.45) is 0. The Morgan fingerprint density at radius 2 is 2.06 bits per heavy atom. The Labute approximate surface area is 98.4 Å². The highest BCUT2D eigenvalue weighted by Gasteiger charge is 2.31. The van der Waals surface area contributed by atoms with Crippen LogP contribution in [-0.4, -0.2) is 69.3 Å². The van der Waals surface area contributed by atoms with Crippen LogP contribution in [0.3, 0.4) is 0 Å². The van der Waals surface area contributed by atoms with Crippen LogP contribution in [0, 0.1) is 0 Å². The molecule has 0 N–H and O–H groups in total. The molecule has 1 aliphatic heterocycles. The van der Waals surface area contributed by atoms with Crippen molar-refractivity contribution in [2.45, 2.75) is 19.9 Å². The number of rotatable bonds is 5. The van der Waals surface area contributed by atoms with E-state index in [0.29, 0.717) is 6.54 Å². The zero-order chi connectivity index (χ0) is 12.2. The van der Waals surface area contributed by atoms with Gasteiger partial charge in [0.05, 0.1) is 12.4 Å². The van der Waals surface area contributed by atoms with Crippen LogP contribution in [0.15, 0.2) is 0 Å². The highest BCUT2D eigenvalue weighted by Crippen LogP contribution is 2.14. The molecule has 0 amide bonds. The summed E-state index contributed by atoms with van der Waals surface area (Å²) in [6, 6.07) is 0.0653. The number of hydrogen-bond acceptors (Lipinski definition) is 4. The minimum absolute atomic E-state index is 0.0653. The quantitative estimate of drug-likeness (QED) is 0.688. The molecule has 1 saturated heterocycles. The van der Waals surface area contributed by atoms with Gasteiger partial charge in [-0.1, -0.05) is 6.92 Å². The summed E-state index contributed by atoms with van der Waals surface area (Å²) in [7, 11) is -1.62. The Kier molecular flexibility index (Phi) is 5.17. The molecule has 1 heterocycles. The lowest BCUT2D eigenvalue weighted by Gasteiger charge is -2.38. The summed E-state index contributed by atoms with van der Waals surface area (Å²) in [5, 5.41) is 0. The van der Waals surface area contributed by atoms with Crippen molar-refractivity contribution in [2.75, 3.05) is 45.6 Å². The first-order chi connectivity index (χ1) is 7.51. The van der Waals surface area contributed by atoms with E-state index in [1.54, 1.807) is 4.31 Å². The molecule has 0 aromatic heterocycles. The topological polar surface area (TPSA) is 49.9 Å². The smallest absolute Gasteiger partial charge is 0.216 e. The van der Waals surface area contributed by atoms with E-state index in [2.05, 4.69) is 11.8 Å². The lowest BCUT2D eigenvalue weighted by Crippen LogP contribution is -2.54. The Morgan fingerprint density at radius 3 is 2.56 bits per heavy atom. The SMILES string of the molecule is CCN1CCN(S(=O)(=O)CCOC)[C@H](C)C1. The molecule has 96 valence electrons. The third-order valence-corrected chi connectivity index (χ3v) is 4.94. The zero-order valence-electron chi connectivity index (χ0n) is 10.3. The summed E-state index contributed by atoms with van der Waals surface area (Å²) in [5.41, 5.74) is 0. The number of methoxy groups -OCH3 is 1. The van der Waals surface area contributed by atoms with Crippen molar-refractivity contribution in [1.82, 2.24) is 9.21 Å². The first-order valence-corrected chi connectivity index (χ1v) is 7.33. The predicted molar refractivity (Wildman–Crippen MR) is 63.9 cm³/mol. The maximum Gasteiger partial charge on any atom is 0.216 e. The molecule has 1 fully saturated rings. The van der Waals surface area contributed by atoms with Crippen molar-refractivity contribution in [3.63, 3.8) is 0 Å². The molecule has 1 rings (SSSR count). The van der Waals surface area contributed by atoms with Crippen LogP contribution >= 0.6 is 0 Å². The predicted octanol–water partition coefficient (Wildman–Crippen LogP) is -0.0114. The number of ether oxygens (including phenoxy) is 1. The number of likely N-dealkylation sites (N-methyl/N-ethyl adjacent to an activating group) is 1. The first-order valence-electron chi connectivity index (χ1n) is 5.72. The fraction of sp³-hybridized carbons (Fsp3) is 1.00. The maximum absolute atomic E-state index is 12.0. The number of hydrogen-bond donors (Lipinski definition) is 0. The van der Waals surface area contributed by atoms with Gasteiger partial charge in [0, 0.05) is 32.8 Å². The maximum atomic E-state index is 12.0. The van der Waals surface area contributed by atoms with E-state index in [9.17, 15) is 8.42 Å². The van der Waals surface area contributed by atoms with Gasteiger partial charge in [-0.2, -0.15) is 4.31 Å². The van der Waals surface area contributed by atoms with Gasteiger partial charge in [-0.15, -0.1) is 0 Å². The molecule has 0 unspecified atom stereocenters. The lowest BCUT2D eigenvalue weighted by atomic mass is 10.2. The van der Waals surface area contributed by atoms with E-state index < -0.39 is 10.0 Å². The van der Waals surface area contributed by atoms with Gasteiger partial charge in [0.2, 0.25) is 10.0 Å². The van der Waals surface area contributed by atoms with Crippen molar-refractivity contribution in [3.05, 3.63) is 0 Å². The molecule has 0 aromatic rings. The highest BCUT2D eigenvalue weighted by atomic mass is 32.2. The average Bonchev–Trinajstić information content (AvgIpc) is 2.25. The first kappa shape index (κ1) is 13.9. The molecule has 0 saturated carbocycles. The fourth-order valence-corrected chi connectivity index (χ4v) is 3.61. The molecule has 1 atom stereocenters. The van der Waals surface area contributed by atoms with Gasteiger partial charge in [0.25, 0.3) is 0 Å². The van der Waals surface area contributed by atoms with Crippen LogP contribution in [0.1, 0.15) is 13.8 Å². The number of nitrogens with zero attached hydrogens (tertiary/aromatic N) is 2. The molecule has 0 aromatic carbocycles. The number of sulfonamides is 1. The molecular weight excluding hydrogens is 228 g/mol. The second-order valence-corrected chi connectivity index (χ2v) is 6.20. The summed E-state index contributed by atoms with van der Waals surface area (Å²) in [6.45, 7) is 7.56. The summed E-state index contributed by atoms with van der Waals surface area (Å²) >= 11 is 0. The third-order valence-electron chi connectivity index (χ3n) is 3.00. The van der Waals surface area contributed by atoms with Gasteiger partial charge < -0.3 is 9.64 Å². The van der Waals surface area contributed by atoms with E-state index in [0.717, 1.165) is 19.6 Å². The lowest BCUT2D eigenvalue weighted by molar-refractivity contribution is 0.148. The minimum atomic E-state index is -3.14. The van der Waals surface area contributed by atoms with Crippen LogP contribution in [-0.2, 0) is 14.8 Å². The molecule has 1 aliphatic rings. The normalized spacial score (nSPS) is 24.8. The molecule has 0 spiro atoms. The number of piperazine rings is 1. The van der Waals surface area contributed by atoms with Gasteiger partial charge in [0.15, 0.2) is 0 Å². The van der Waals surface area contributed by atoms with E-state index in [1.807, 2.05) is 6.92 Å². The van der Waals surface area contributed by atoms with Crippen LogP contribution in [0.4, 0.5) is 0 Å². The van der Waals surface area contributed by atoms with Crippen molar-refractivity contribution >= 4 is 10.0 Å². The third kappa shape index (κ3) is 3.41. The molecular formula is C10H22N2O3S. The van der Waals surface area contributed by atoms with E-state index in [1.165, 1.54) is 7.11 Å². The van der Waals surface area contributed by atoms with Gasteiger partial charge in [-0.3, -0.25) is 0 Å². The average molecular weight is 250 g/mol. The molecule has 16 heavy (non-hydrogen) atoms. The van der Waals surface area contributed by atoms with Gasteiger partial charge >= 0.3 is 0 Å².